The fraction of sp³-hybridized carbons (Fsp3) is 0.167. The van der Waals surface area contributed by atoms with Gasteiger partial charge in [0.2, 0.25) is 0 Å². The number of aromatic nitrogens is 2. The van der Waals surface area contributed by atoms with Crippen LogP contribution in [0.4, 0.5) is 5.69 Å². The Morgan fingerprint density at radius 3 is 2.70 bits per heavy atom. The van der Waals surface area contributed by atoms with Gasteiger partial charge in [-0.05, 0) is 37.1 Å². The third kappa shape index (κ3) is 2.50. The van der Waals surface area contributed by atoms with Crippen molar-refractivity contribution < 1.29 is 0 Å². The Kier molecular flexibility index (Phi) is 3.38. The molecule has 0 saturated carbocycles. The highest BCUT2D eigenvalue weighted by molar-refractivity contribution is 5.99. The Balaban J connectivity index is 1.80. The quantitative estimate of drug-likeness (QED) is 0.740. The van der Waals surface area contributed by atoms with Crippen LogP contribution in [-0.4, -0.2) is 15.3 Å². The van der Waals surface area contributed by atoms with E-state index in [2.05, 4.69) is 15.5 Å². The minimum Gasteiger partial charge on any atom is -0.291 e. The van der Waals surface area contributed by atoms with E-state index < -0.39 is 0 Å². The topological polar surface area (TPSA) is 59.3 Å². The molecule has 1 aromatic heterocycles. The molecule has 0 aliphatic carbocycles. The van der Waals surface area contributed by atoms with Gasteiger partial charge in [-0.3, -0.25) is 14.8 Å². The van der Waals surface area contributed by atoms with Crippen molar-refractivity contribution in [3.8, 4) is 0 Å². The Morgan fingerprint density at radius 1 is 1.04 bits per heavy atom. The van der Waals surface area contributed by atoms with E-state index in [-0.39, 0.29) is 5.56 Å². The Hall–Kier alpha value is -2.95. The molecule has 0 bridgehead atoms. The van der Waals surface area contributed by atoms with Crippen LogP contribution in [0, 0.1) is 0 Å². The average molecular weight is 304 g/mol. The number of hydrogen-bond acceptors (Lipinski definition) is 4. The van der Waals surface area contributed by atoms with Gasteiger partial charge in [0.15, 0.2) is 5.82 Å². The van der Waals surface area contributed by atoms with Crippen LogP contribution in [-0.2, 0) is 6.54 Å². The van der Waals surface area contributed by atoms with Crippen molar-refractivity contribution in [3.63, 3.8) is 0 Å². The molecule has 2 heterocycles. The van der Waals surface area contributed by atoms with Crippen molar-refractivity contribution in [2.75, 3.05) is 5.43 Å². The standard InChI is InChI=1S/C18H16N4O/c23-18-14-9-4-5-10-15(14)19-17-16(11-6-12-22(17)18)21-20-13-7-2-1-3-8-13/h1-5,7-10,20H,6,11-12H2/b21-16+. The maximum atomic E-state index is 12.6. The fourth-order valence-corrected chi connectivity index (χ4v) is 2.86. The maximum Gasteiger partial charge on any atom is 0.261 e. The first-order valence-corrected chi connectivity index (χ1v) is 7.70. The molecule has 0 saturated heterocycles. The summed E-state index contributed by atoms with van der Waals surface area (Å²) in [5.41, 5.74) is 5.53. The predicted octanol–water partition coefficient (Wildman–Crippen LogP) is 3.01. The SMILES string of the molecule is O=c1c2ccccc2nc2n1CCC/C2=N\Nc1ccccc1. The van der Waals surface area contributed by atoms with Crippen molar-refractivity contribution in [3.05, 3.63) is 70.8 Å². The smallest absolute Gasteiger partial charge is 0.261 e. The van der Waals surface area contributed by atoms with E-state index in [0.29, 0.717) is 17.8 Å². The fourth-order valence-electron chi connectivity index (χ4n) is 2.86. The summed E-state index contributed by atoms with van der Waals surface area (Å²) in [5, 5.41) is 5.15. The highest BCUT2D eigenvalue weighted by atomic mass is 16.1. The molecule has 1 aliphatic rings. The van der Waals surface area contributed by atoms with Gasteiger partial charge in [0, 0.05) is 6.54 Å². The van der Waals surface area contributed by atoms with Gasteiger partial charge in [-0.2, -0.15) is 5.10 Å². The third-order valence-corrected chi connectivity index (χ3v) is 4.01. The summed E-state index contributed by atoms with van der Waals surface area (Å²) in [4.78, 5) is 17.3. The second-order valence-corrected chi connectivity index (χ2v) is 5.55. The minimum atomic E-state index is 0.0118. The Labute approximate surface area is 133 Å². The van der Waals surface area contributed by atoms with E-state index in [1.54, 1.807) is 4.57 Å². The summed E-state index contributed by atoms with van der Waals surface area (Å²) in [5.74, 6) is 0.670. The molecule has 23 heavy (non-hydrogen) atoms. The number of anilines is 1. The molecule has 114 valence electrons. The molecule has 0 fully saturated rings. The largest absolute Gasteiger partial charge is 0.291 e. The molecular weight excluding hydrogens is 288 g/mol. The predicted molar refractivity (Wildman–Crippen MR) is 91.8 cm³/mol. The van der Waals surface area contributed by atoms with E-state index in [0.717, 1.165) is 29.8 Å². The summed E-state index contributed by atoms with van der Waals surface area (Å²) < 4.78 is 1.73. The molecule has 1 aliphatic heterocycles. The number of para-hydroxylation sites is 2. The minimum absolute atomic E-state index is 0.0118. The lowest BCUT2D eigenvalue weighted by Gasteiger charge is -2.19. The first-order valence-electron chi connectivity index (χ1n) is 7.70. The molecule has 0 unspecified atom stereocenters. The molecule has 4 rings (SSSR count). The molecule has 0 amide bonds. The van der Waals surface area contributed by atoms with Gasteiger partial charge in [0.1, 0.15) is 5.71 Å². The van der Waals surface area contributed by atoms with Gasteiger partial charge >= 0.3 is 0 Å². The summed E-state index contributed by atoms with van der Waals surface area (Å²) >= 11 is 0. The lowest BCUT2D eigenvalue weighted by atomic mass is 10.1. The van der Waals surface area contributed by atoms with Crippen molar-refractivity contribution >= 4 is 22.3 Å². The van der Waals surface area contributed by atoms with E-state index in [1.807, 2.05) is 54.6 Å². The monoisotopic (exact) mass is 304 g/mol. The van der Waals surface area contributed by atoms with Gasteiger partial charge in [0.25, 0.3) is 5.56 Å². The molecule has 5 nitrogen and oxygen atoms in total. The van der Waals surface area contributed by atoms with Crippen molar-refractivity contribution in [2.45, 2.75) is 19.4 Å². The average Bonchev–Trinajstić information content (AvgIpc) is 2.61. The number of fused-ring (bicyclic) bond motifs is 2. The first kappa shape index (κ1) is 13.7. The van der Waals surface area contributed by atoms with Gasteiger partial charge < -0.3 is 0 Å². The summed E-state index contributed by atoms with van der Waals surface area (Å²) in [6, 6.07) is 17.2. The van der Waals surface area contributed by atoms with E-state index >= 15 is 0 Å². The zero-order valence-corrected chi connectivity index (χ0v) is 12.6. The molecular formula is C18H16N4O. The number of rotatable bonds is 2. The molecule has 3 aromatic rings. The zero-order chi connectivity index (χ0) is 15.6. The number of hydrazone groups is 1. The molecule has 1 N–H and O–H groups in total. The van der Waals surface area contributed by atoms with Crippen LogP contribution in [0.3, 0.4) is 0 Å². The third-order valence-electron chi connectivity index (χ3n) is 4.01. The lowest BCUT2D eigenvalue weighted by molar-refractivity contribution is 0.597. The summed E-state index contributed by atoms with van der Waals surface area (Å²) in [7, 11) is 0. The molecule has 2 aromatic carbocycles. The Bertz CT molecular complexity index is 944. The van der Waals surface area contributed by atoms with Crippen LogP contribution >= 0.6 is 0 Å². The van der Waals surface area contributed by atoms with Gasteiger partial charge in [0.05, 0.1) is 16.6 Å². The summed E-state index contributed by atoms with van der Waals surface area (Å²) in [6.45, 7) is 0.691. The van der Waals surface area contributed by atoms with Crippen molar-refractivity contribution in [1.29, 1.82) is 0 Å². The number of nitrogens with zero attached hydrogens (tertiary/aromatic N) is 3. The van der Waals surface area contributed by atoms with Crippen LogP contribution in [0.25, 0.3) is 10.9 Å². The highest BCUT2D eigenvalue weighted by Gasteiger charge is 2.20. The van der Waals surface area contributed by atoms with Crippen LogP contribution < -0.4 is 11.0 Å². The highest BCUT2D eigenvalue weighted by Crippen LogP contribution is 2.16. The summed E-state index contributed by atoms with van der Waals surface area (Å²) in [6.07, 6.45) is 1.70. The zero-order valence-electron chi connectivity index (χ0n) is 12.6. The van der Waals surface area contributed by atoms with Gasteiger partial charge in [-0.1, -0.05) is 30.3 Å². The molecule has 5 heteroatoms. The van der Waals surface area contributed by atoms with Crippen molar-refractivity contribution in [1.82, 2.24) is 9.55 Å². The van der Waals surface area contributed by atoms with E-state index in [4.69, 9.17) is 0 Å². The second-order valence-electron chi connectivity index (χ2n) is 5.55. The second kappa shape index (κ2) is 5.68. The normalized spacial score (nSPS) is 15.6. The van der Waals surface area contributed by atoms with Crippen LogP contribution in [0.1, 0.15) is 18.7 Å². The number of benzene rings is 2. The maximum absolute atomic E-state index is 12.6. The Morgan fingerprint density at radius 2 is 1.83 bits per heavy atom. The lowest BCUT2D eigenvalue weighted by Crippen LogP contribution is -2.32. The van der Waals surface area contributed by atoms with Crippen LogP contribution in [0.15, 0.2) is 64.5 Å². The number of nitrogens with one attached hydrogen (secondary N) is 1. The van der Waals surface area contributed by atoms with Crippen molar-refractivity contribution in [2.24, 2.45) is 5.10 Å². The molecule has 0 atom stereocenters. The van der Waals surface area contributed by atoms with Gasteiger partial charge in [-0.15, -0.1) is 0 Å². The van der Waals surface area contributed by atoms with E-state index in [1.165, 1.54) is 0 Å². The van der Waals surface area contributed by atoms with Crippen LogP contribution in [0.2, 0.25) is 0 Å². The number of hydrogen-bond donors (Lipinski definition) is 1. The van der Waals surface area contributed by atoms with Gasteiger partial charge in [-0.25, -0.2) is 4.98 Å². The molecule has 0 radical (unpaired) electrons. The van der Waals surface area contributed by atoms with Crippen LogP contribution in [0.5, 0.6) is 0 Å². The van der Waals surface area contributed by atoms with E-state index in [9.17, 15) is 4.79 Å². The molecule has 0 spiro atoms. The first-order chi connectivity index (χ1) is 11.3.